The highest BCUT2D eigenvalue weighted by molar-refractivity contribution is 7.98. The van der Waals surface area contributed by atoms with Crippen LogP contribution < -0.4 is 0 Å². The Balaban J connectivity index is 3.86. The van der Waals surface area contributed by atoms with Gasteiger partial charge in [-0.25, -0.2) is 0 Å². The molecule has 12 heavy (non-hydrogen) atoms. The van der Waals surface area contributed by atoms with E-state index < -0.39 is 5.92 Å². The molecule has 0 aromatic heterocycles. The molecular weight excluding hydrogens is 172 g/mol. The Kier molecular flexibility index (Phi) is 5.56. The minimum atomic E-state index is -0.517. The van der Waals surface area contributed by atoms with E-state index in [-0.39, 0.29) is 5.91 Å². The highest BCUT2D eigenvalue weighted by atomic mass is 32.2. The van der Waals surface area contributed by atoms with Crippen LogP contribution in [0.2, 0.25) is 0 Å². The molecular formula is C8H14N2OS. The predicted octanol–water partition coefficient (Wildman–Crippen LogP) is 0.967. The van der Waals surface area contributed by atoms with Gasteiger partial charge in [-0.15, -0.1) is 0 Å². The average molecular weight is 186 g/mol. The lowest BCUT2D eigenvalue weighted by Crippen LogP contribution is -2.32. The molecule has 0 N–H and O–H groups in total. The molecule has 0 aliphatic heterocycles. The fourth-order valence-corrected chi connectivity index (χ4v) is 1.18. The minimum absolute atomic E-state index is 0.0912. The molecule has 0 heterocycles. The van der Waals surface area contributed by atoms with Crippen molar-refractivity contribution in [3.05, 3.63) is 0 Å². The second kappa shape index (κ2) is 5.90. The summed E-state index contributed by atoms with van der Waals surface area (Å²) in [6.07, 6.45) is 1.99. The molecule has 0 fully saturated rings. The molecule has 1 amide bonds. The van der Waals surface area contributed by atoms with E-state index in [1.807, 2.05) is 12.3 Å². The van der Waals surface area contributed by atoms with Crippen LogP contribution in [0.15, 0.2) is 0 Å². The molecule has 0 bridgehead atoms. The average Bonchev–Trinajstić information content (AvgIpc) is 2.11. The van der Waals surface area contributed by atoms with E-state index >= 15 is 0 Å². The van der Waals surface area contributed by atoms with E-state index in [1.54, 1.807) is 30.6 Å². The third-order valence-corrected chi connectivity index (χ3v) is 2.16. The molecule has 0 radical (unpaired) electrons. The van der Waals surface area contributed by atoms with Gasteiger partial charge in [0.2, 0.25) is 5.91 Å². The smallest absolute Gasteiger partial charge is 0.239 e. The molecule has 0 spiro atoms. The van der Waals surface area contributed by atoms with E-state index in [9.17, 15) is 4.79 Å². The number of carbonyl (C=O) groups is 1. The van der Waals surface area contributed by atoms with Crippen LogP contribution in [-0.4, -0.2) is 36.4 Å². The zero-order chi connectivity index (χ0) is 9.56. The summed E-state index contributed by atoms with van der Waals surface area (Å²) in [5.41, 5.74) is 0. The summed E-state index contributed by atoms with van der Waals surface area (Å²) >= 11 is 1.69. The highest BCUT2D eigenvalue weighted by Crippen LogP contribution is 2.00. The molecule has 1 atom stereocenters. The highest BCUT2D eigenvalue weighted by Gasteiger charge is 2.15. The molecule has 0 rings (SSSR count). The Hall–Kier alpha value is -0.690. The molecule has 0 saturated heterocycles. The van der Waals surface area contributed by atoms with Crippen molar-refractivity contribution in [1.29, 1.82) is 5.26 Å². The van der Waals surface area contributed by atoms with Crippen molar-refractivity contribution in [1.82, 2.24) is 4.90 Å². The lowest BCUT2D eigenvalue weighted by molar-refractivity contribution is -0.131. The summed E-state index contributed by atoms with van der Waals surface area (Å²) in [6, 6.07) is 1.92. The van der Waals surface area contributed by atoms with Gasteiger partial charge < -0.3 is 4.90 Å². The summed E-state index contributed by atoms with van der Waals surface area (Å²) in [7, 11) is 1.73. The first-order chi connectivity index (χ1) is 5.63. The Bertz CT molecular complexity index is 188. The number of hydrogen-bond donors (Lipinski definition) is 0. The summed E-state index contributed by atoms with van der Waals surface area (Å²) in [4.78, 5) is 12.9. The topological polar surface area (TPSA) is 44.1 Å². The molecule has 3 nitrogen and oxygen atoms in total. The lowest BCUT2D eigenvalue weighted by Gasteiger charge is -2.17. The van der Waals surface area contributed by atoms with Crippen molar-refractivity contribution in [2.24, 2.45) is 5.92 Å². The van der Waals surface area contributed by atoms with Crippen molar-refractivity contribution in [2.45, 2.75) is 6.92 Å². The van der Waals surface area contributed by atoms with Gasteiger partial charge in [0.25, 0.3) is 0 Å². The van der Waals surface area contributed by atoms with Gasteiger partial charge >= 0.3 is 0 Å². The standard InChI is InChI=1S/C8H14N2OS/c1-7(6-9)8(11)10(2)4-5-12-3/h7H,4-5H2,1-3H3. The first-order valence-electron chi connectivity index (χ1n) is 3.77. The number of rotatable bonds is 4. The molecule has 0 aromatic rings. The van der Waals surface area contributed by atoms with E-state index in [4.69, 9.17) is 5.26 Å². The van der Waals surface area contributed by atoms with Crippen molar-refractivity contribution in [2.75, 3.05) is 25.6 Å². The largest absolute Gasteiger partial charge is 0.344 e. The maximum Gasteiger partial charge on any atom is 0.239 e. The quantitative estimate of drug-likeness (QED) is 0.657. The van der Waals surface area contributed by atoms with E-state index in [2.05, 4.69) is 0 Å². The predicted molar refractivity (Wildman–Crippen MR) is 50.8 cm³/mol. The van der Waals surface area contributed by atoms with Crippen molar-refractivity contribution >= 4 is 17.7 Å². The second-order valence-corrected chi connectivity index (χ2v) is 3.59. The normalized spacial score (nSPS) is 11.8. The van der Waals surface area contributed by atoms with Crippen molar-refractivity contribution in [3.8, 4) is 6.07 Å². The lowest BCUT2D eigenvalue weighted by atomic mass is 10.2. The number of carbonyl (C=O) groups excluding carboxylic acids is 1. The molecule has 0 aliphatic carbocycles. The van der Waals surface area contributed by atoms with Crippen LogP contribution in [0.4, 0.5) is 0 Å². The Labute approximate surface area is 77.7 Å². The summed E-state index contributed by atoms with van der Waals surface area (Å²) in [5.74, 6) is 0.309. The maximum atomic E-state index is 11.3. The number of hydrogen-bond acceptors (Lipinski definition) is 3. The van der Waals surface area contributed by atoms with Crippen molar-refractivity contribution < 1.29 is 4.79 Å². The second-order valence-electron chi connectivity index (χ2n) is 2.60. The number of amides is 1. The van der Waals surface area contributed by atoms with Crippen LogP contribution >= 0.6 is 11.8 Å². The Morgan fingerprint density at radius 1 is 1.75 bits per heavy atom. The van der Waals surface area contributed by atoms with Gasteiger partial charge in [-0.2, -0.15) is 17.0 Å². The third kappa shape index (κ3) is 3.63. The van der Waals surface area contributed by atoms with Crippen molar-refractivity contribution in [3.63, 3.8) is 0 Å². The van der Waals surface area contributed by atoms with Gasteiger partial charge in [0.05, 0.1) is 6.07 Å². The molecule has 0 saturated carbocycles. The van der Waals surface area contributed by atoms with Crippen LogP contribution in [0.1, 0.15) is 6.92 Å². The maximum absolute atomic E-state index is 11.3. The molecule has 0 aromatic carbocycles. The van der Waals surface area contributed by atoms with Gasteiger partial charge in [-0.3, -0.25) is 4.79 Å². The number of nitrogens with zero attached hydrogens (tertiary/aromatic N) is 2. The SMILES string of the molecule is CSCCN(C)C(=O)C(C)C#N. The molecule has 4 heteroatoms. The molecule has 1 unspecified atom stereocenters. The van der Waals surface area contributed by atoms with Crippen LogP contribution in [0.25, 0.3) is 0 Å². The van der Waals surface area contributed by atoms with Gasteiger partial charge in [0.1, 0.15) is 5.92 Å². The number of thioether (sulfide) groups is 1. The number of nitriles is 1. The summed E-state index contributed by atoms with van der Waals surface area (Å²) in [5, 5.41) is 8.48. The van der Waals surface area contributed by atoms with Crippen LogP contribution in [0.5, 0.6) is 0 Å². The Morgan fingerprint density at radius 2 is 2.33 bits per heavy atom. The minimum Gasteiger partial charge on any atom is -0.344 e. The van der Waals surface area contributed by atoms with Crippen LogP contribution in [0, 0.1) is 17.2 Å². The van der Waals surface area contributed by atoms with Gasteiger partial charge in [-0.05, 0) is 13.2 Å². The zero-order valence-electron chi connectivity index (χ0n) is 7.70. The Morgan fingerprint density at radius 3 is 2.75 bits per heavy atom. The van der Waals surface area contributed by atoms with E-state index in [0.29, 0.717) is 6.54 Å². The zero-order valence-corrected chi connectivity index (χ0v) is 8.52. The van der Waals surface area contributed by atoms with E-state index in [0.717, 1.165) is 5.75 Å². The molecule has 0 aliphatic rings. The fraction of sp³-hybridized carbons (Fsp3) is 0.750. The summed E-state index contributed by atoms with van der Waals surface area (Å²) in [6.45, 7) is 2.34. The summed E-state index contributed by atoms with van der Waals surface area (Å²) < 4.78 is 0. The first kappa shape index (κ1) is 11.3. The van der Waals surface area contributed by atoms with Crippen LogP contribution in [0.3, 0.4) is 0 Å². The first-order valence-corrected chi connectivity index (χ1v) is 5.16. The monoisotopic (exact) mass is 186 g/mol. The third-order valence-electron chi connectivity index (χ3n) is 1.57. The van der Waals surface area contributed by atoms with Crippen LogP contribution in [-0.2, 0) is 4.79 Å². The van der Waals surface area contributed by atoms with Gasteiger partial charge in [0, 0.05) is 19.3 Å². The fourth-order valence-electron chi connectivity index (χ4n) is 0.724. The van der Waals surface area contributed by atoms with Gasteiger partial charge in [0.15, 0.2) is 0 Å². The van der Waals surface area contributed by atoms with Gasteiger partial charge in [-0.1, -0.05) is 0 Å². The van der Waals surface area contributed by atoms with E-state index in [1.165, 1.54) is 0 Å². The molecule has 68 valence electrons.